The number of benzene rings is 3. The Labute approximate surface area is 246 Å². The smallest absolute Gasteiger partial charge is 0.173 e. The molecule has 1 aliphatic carbocycles. The predicted molar refractivity (Wildman–Crippen MR) is 160 cm³/mol. The van der Waals surface area contributed by atoms with Gasteiger partial charge in [-0.1, -0.05) is 35.5 Å². The summed E-state index contributed by atoms with van der Waals surface area (Å²) in [4.78, 5) is 13.2. The first kappa shape index (κ1) is 27.8. The number of rotatable bonds is 8. The lowest BCUT2D eigenvalue weighted by atomic mass is 9.83. The second kappa shape index (κ2) is 11.9. The van der Waals surface area contributed by atoms with Gasteiger partial charge in [-0.25, -0.2) is 23.1 Å². The molecule has 6 rings (SSSR count). The molecule has 0 N–H and O–H groups in total. The molecule has 41 heavy (non-hydrogen) atoms. The number of halogens is 4. The summed E-state index contributed by atoms with van der Waals surface area (Å²) in [6, 6.07) is 15.2. The summed E-state index contributed by atoms with van der Waals surface area (Å²) in [5.74, 6) is -1.35. The van der Waals surface area contributed by atoms with Crippen LogP contribution in [0.15, 0.2) is 69.7 Å². The molecule has 4 nitrogen and oxygen atoms in total. The minimum Gasteiger partial charge on any atom is -0.291 e. The van der Waals surface area contributed by atoms with Crippen LogP contribution in [0.1, 0.15) is 58.8 Å². The van der Waals surface area contributed by atoms with E-state index in [0.29, 0.717) is 35.1 Å². The van der Waals surface area contributed by atoms with E-state index in [0.717, 1.165) is 53.2 Å². The Morgan fingerprint density at radius 2 is 1.78 bits per heavy atom. The molecule has 210 valence electrons. The topological polar surface area (TPSA) is 42.5 Å². The van der Waals surface area contributed by atoms with Gasteiger partial charge in [0.1, 0.15) is 23.8 Å². The number of aromatic nitrogens is 2. The number of fused-ring (bicyclic) bond motifs is 1. The van der Waals surface area contributed by atoms with E-state index >= 15 is 8.78 Å². The van der Waals surface area contributed by atoms with Crippen molar-refractivity contribution in [2.75, 3.05) is 6.54 Å². The maximum atomic E-state index is 15.2. The van der Waals surface area contributed by atoms with Gasteiger partial charge in [0.15, 0.2) is 5.16 Å². The molecule has 0 spiro atoms. The largest absolute Gasteiger partial charge is 0.291 e. The van der Waals surface area contributed by atoms with Crippen molar-refractivity contribution in [1.29, 1.82) is 0 Å². The molecule has 4 aromatic rings. The molecule has 9 heteroatoms. The highest BCUT2D eigenvalue weighted by Gasteiger charge is 2.30. The van der Waals surface area contributed by atoms with Crippen LogP contribution in [0.5, 0.6) is 0 Å². The molecule has 2 heterocycles. The van der Waals surface area contributed by atoms with Crippen molar-refractivity contribution in [3.8, 4) is 5.69 Å². The number of hydrogen-bond donors (Lipinski definition) is 0. The van der Waals surface area contributed by atoms with Gasteiger partial charge in [0.2, 0.25) is 0 Å². The molecule has 0 saturated heterocycles. The fourth-order valence-electron chi connectivity index (χ4n) is 5.57. The first-order valence-electron chi connectivity index (χ1n) is 13.6. The summed E-state index contributed by atoms with van der Waals surface area (Å²) in [6.45, 7) is 2.53. The van der Waals surface area contributed by atoms with Crippen LogP contribution in [-0.4, -0.2) is 28.1 Å². The average Bonchev–Trinajstić information content (AvgIpc) is 3.61. The van der Waals surface area contributed by atoms with Gasteiger partial charge in [-0.3, -0.25) is 9.56 Å². The van der Waals surface area contributed by atoms with Crippen molar-refractivity contribution in [2.24, 2.45) is 9.98 Å². The Balaban J connectivity index is 1.32. The maximum Gasteiger partial charge on any atom is 0.173 e. The molecule has 0 fully saturated rings. The first-order chi connectivity index (χ1) is 19.9. The van der Waals surface area contributed by atoms with Gasteiger partial charge in [-0.2, -0.15) is 0 Å². The quantitative estimate of drug-likeness (QED) is 0.193. The zero-order chi connectivity index (χ0) is 28.5. The Bertz CT molecular complexity index is 1640. The average molecular weight is 593 g/mol. The minimum atomic E-state index is -0.573. The van der Waals surface area contributed by atoms with Gasteiger partial charge < -0.3 is 0 Å². The van der Waals surface area contributed by atoms with Crippen molar-refractivity contribution in [1.82, 2.24) is 9.55 Å². The highest BCUT2D eigenvalue weighted by molar-refractivity contribution is 7.98. The van der Waals surface area contributed by atoms with Crippen LogP contribution in [0.4, 0.5) is 13.2 Å². The number of imidazole rings is 1. The third kappa shape index (κ3) is 5.86. The summed E-state index contributed by atoms with van der Waals surface area (Å²) >= 11 is 7.60. The number of thioether (sulfide) groups is 1. The summed E-state index contributed by atoms with van der Waals surface area (Å²) in [5, 5.41) is 1.34. The molecule has 1 atom stereocenters. The third-order valence-electron chi connectivity index (χ3n) is 7.71. The van der Waals surface area contributed by atoms with Crippen molar-refractivity contribution >= 4 is 35.4 Å². The fraction of sp³-hybridized carbons (Fsp3) is 0.281. The number of aliphatic imine (C=N–C) groups is 2. The molecule has 2 aliphatic rings. The fourth-order valence-corrected chi connectivity index (χ4v) is 6.74. The summed E-state index contributed by atoms with van der Waals surface area (Å²) in [7, 11) is 0. The summed E-state index contributed by atoms with van der Waals surface area (Å²) in [5.41, 5.74) is 6.39. The van der Waals surface area contributed by atoms with Crippen LogP contribution >= 0.6 is 23.4 Å². The third-order valence-corrected chi connectivity index (χ3v) is 9.10. The standard InChI is InChI=1S/C32H28ClF3N4S/c1-19-13-21(6-12-27(19)33)25-3-2-4-30-31(25)40(24-10-7-22(34)8-11-24)32(39-30)41-17-26-28(35)14-20(15-29(26)36)5-9-23-16-37-18-38-23/h6-8,10-15,18,25H,2-5,9,16-17H2,1H3. The molecule has 0 bridgehead atoms. The van der Waals surface area contributed by atoms with Crippen LogP contribution < -0.4 is 0 Å². The van der Waals surface area contributed by atoms with E-state index in [1.165, 1.54) is 42.4 Å². The highest BCUT2D eigenvalue weighted by Crippen LogP contribution is 2.42. The Morgan fingerprint density at radius 1 is 1.00 bits per heavy atom. The molecule has 1 aromatic heterocycles. The van der Waals surface area contributed by atoms with Crippen LogP contribution in [0.25, 0.3) is 5.69 Å². The van der Waals surface area contributed by atoms with Crippen molar-refractivity contribution in [2.45, 2.75) is 55.9 Å². The van der Waals surface area contributed by atoms with Gasteiger partial charge in [-0.05, 0) is 98.2 Å². The van der Waals surface area contributed by atoms with Gasteiger partial charge >= 0.3 is 0 Å². The number of hydrogen-bond acceptors (Lipinski definition) is 4. The molecule has 0 saturated carbocycles. The lowest BCUT2D eigenvalue weighted by Gasteiger charge is -2.25. The van der Waals surface area contributed by atoms with E-state index in [4.69, 9.17) is 16.6 Å². The second-order valence-electron chi connectivity index (χ2n) is 10.5. The minimum absolute atomic E-state index is 0.0109. The normalized spacial score (nSPS) is 16.2. The number of nitrogens with zero attached hydrogens (tertiary/aromatic N) is 4. The van der Waals surface area contributed by atoms with E-state index in [9.17, 15) is 4.39 Å². The van der Waals surface area contributed by atoms with E-state index < -0.39 is 11.6 Å². The van der Waals surface area contributed by atoms with E-state index in [-0.39, 0.29) is 23.1 Å². The molecule has 0 radical (unpaired) electrons. The highest BCUT2D eigenvalue weighted by atomic mass is 35.5. The molecule has 0 amide bonds. The van der Waals surface area contributed by atoms with Crippen molar-refractivity contribution in [3.05, 3.63) is 111 Å². The summed E-state index contributed by atoms with van der Waals surface area (Å²) in [6.07, 6.45) is 5.32. The second-order valence-corrected chi connectivity index (χ2v) is 11.8. The van der Waals surface area contributed by atoms with E-state index in [1.54, 1.807) is 12.1 Å². The molecule has 3 aromatic carbocycles. The SMILES string of the molecule is Cc1cc(C2CCCc3nc(SCc4c(F)cc(CCC5=NC=NC5)cc4F)n(-c4ccc(F)cc4)c32)ccc1Cl. The van der Waals surface area contributed by atoms with E-state index in [1.807, 2.05) is 23.6 Å². The predicted octanol–water partition coefficient (Wildman–Crippen LogP) is 8.43. The van der Waals surface area contributed by atoms with E-state index in [2.05, 4.69) is 16.1 Å². The molecule has 1 unspecified atom stereocenters. The summed E-state index contributed by atoms with van der Waals surface area (Å²) < 4.78 is 46.3. The van der Waals surface area contributed by atoms with Crippen molar-refractivity contribution < 1.29 is 13.2 Å². The van der Waals surface area contributed by atoms with Crippen LogP contribution in [0.3, 0.4) is 0 Å². The molecular weight excluding hydrogens is 565 g/mol. The zero-order valence-electron chi connectivity index (χ0n) is 22.5. The lowest BCUT2D eigenvalue weighted by molar-refractivity contribution is 0.562. The molecular formula is C32H28ClF3N4S. The maximum absolute atomic E-state index is 15.2. The molecule has 1 aliphatic heterocycles. The van der Waals surface area contributed by atoms with Gasteiger partial charge in [0.05, 0.1) is 17.9 Å². The van der Waals surface area contributed by atoms with Gasteiger partial charge in [0, 0.05) is 33.7 Å². The van der Waals surface area contributed by atoms with Crippen LogP contribution in [0, 0.1) is 24.4 Å². The lowest BCUT2D eigenvalue weighted by Crippen LogP contribution is -2.15. The monoisotopic (exact) mass is 592 g/mol. The Kier molecular flexibility index (Phi) is 8.04. The first-order valence-corrected chi connectivity index (χ1v) is 15.0. The number of aryl methyl sites for hydroxylation is 3. The van der Waals surface area contributed by atoms with Gasteiger partial charge in [0.25, 0.3) is 0 Å². The Hall–Kier alpha value is -3.36. The van der Waals surface area contributed by atoms with Crippen molar-refractivity contribution in [3.63, 3.8) is 0 Å². The Morgan fingerprint density at radius 3 is 2.49 bits per heavy atom. The van der Waals surface area contributed by atoms with Crippen LogP contribution in [0.2, 0.25) is 5.02 Å². The van der Waals surface area contributed by atoms with Crippen LogP contribution in [-0.2, 0) is 18.6 Å². The zero-order valence-corrected chi connectivity index (χ0v) is 24.1. The van der Waals surface area contributed by atoms with Gasteiger partial charge in [-0.15, -0.1) is 0 Å².